The molecule has 2 aromatic rings. The summed E-state index contributed by atoms with van der Waals surface area (Å²) in [4.78, 5) is 16.4. The summed E-state index contributed by atoms with van der Waals surface area (Å²) in [6, 6.07) is 7.55. The summed E-state index contributed by atoms with van der Waals surface area (Å²) in [5.74, 6) is 0.845. The quantitative estimate of drug-likeness (QED) is 0.821. The van der Waals surface area contributed by atoms with Crippen LogP contribution in [-0.2, 0) is 12.8 Å². The second kappa shape index (κ2) is 7.75. The third-order valence-corrected chi connectivity index (χ3v) is 3.56. The number of aromatic nitrogens is 1. The molecule has 0 fully saturated rings. The van der Waals surface area contributed by atoms with E-state index in [9.17, 15) is 9.90 Å². The van der Waals surface area contributed by atoms with Crippen molar-refractivity contribution in [2.24, 2.45) is 5.92 Å². The minimum atomic E-state index is -0.239. The molecule has 0 saturated carbocycles. The molecule has 2 heterocycles. The molecule has 5 heteroatoms. The fraction of sp³-hybridized carbons (Fsp3) is 0.412. The highest BCUT2D eigenvalue weighted by atomic mass is 16.4. The Balaban J connectivity index is 1.92. The van der Waals surface area contributed by atoms with Crippen molar-refractivity contribution in [3.63, 3.8) is 0 Å². The topological polar surface area (TPSA) is 75.4 Å². The molecule has 0 radical (unpaired) electrons. The lowest BCUT2D eigenvalue weighted by Gasteiger charge is -2.14. The summed E-state index contributed by atoms with van der Waals surface area (Å²) < 4.78 is 5.52. The van der Waals surface area contributed by atoms with Gasteiger partial charge in [-0.3, -0.25) is 9.78 Å². The first-order valence-electron chi connectivity index (χ1n) is 7.52. The van der Waals surface area contributed by atoms with Crippen molar-refractivity contribution in [3.05, 3.63) is 53.2 Å². The number of aliphatic hydroxyl groups excluding tert-OH is 1. The molecule has 0 spiro atoms. The molecule has 118 valence electrons. The first-order chi connectivity index (χ1) is 10.6. The van der Waals surface area contributed by atoms with Crippen LogP contribution in [0.25, 0.3) is 0 Å². The SMILES string of the molecule is CCc1cc(C)c(C(=O)NCC(CO)Cc2ccccn2)o1. The minimum Gasteiger partial charge on any atom is -0.456 e. The number of hydrogen-bond donors (Lipinski definition) is 2. The fourth-order valence-corrected chi connectivity index (χ4v) is 2.28. The molecule has 0 bridgehead atoms. The molecule has 2 rings (SSSR count). The lowest BCUT2D eigenvalue weighted by molar-refractivity contribution is 0.0909. The molecule has 0 aliphatic rings. The molecule has 1 unspecified atom stereocenters. The first kappa shape index (κ1) is 16.2. The zero-order valence-corrected chi connectivity index (χ0v) is 13.0. The van der Waals surface area contributed by atoms with Crippen molar-refractivity contribution in [3.8, 4) is 0 Å². The van der Waals surface area contributed by atoms with Crippen molar-refractivity contribution in [2.45, 2.75) is 26.7 Å². The monoisotopic (exact) mass is 302 g/mol. The van der Waals surface area contributed by atoms with Gasteiger partial charge in [-0.1, -0.05) is 13.0 Å². The van der Waals surface area contributed by atoms with Gasteiger partial charge in [0.05, 0.1) is 0 Å². The average molecular weight is 302 g/mol. The number of pyridine rings is 1. The van der Waals surface area contributed by atoms with E-state index in [1.807, 2.05) is 38.1 Å². The third kappa shape index (κ3) is 4.18. The van der Waals surface area contributed by atoms with Gasteiger partial charge in [-0.15, -0.1) is 0 Å². The van der Waals surface area contributed by atoms with Crippen molar-refractivity contribution >= 4 is 5.91 Å². The largest absolute Gasteiger partial charge is 0.456 e. The number of furan rings is 1. The lowest BCUT2D eigenvalue weighted by Crippen LogP contribution is -2.32. The second-order valence-corrected chi connectivity index (χ2v) is 5.36. The number of carbonyl (C=O) groups excluding carboxylic acids is 1. The Bertz CT molecular complexity index is 608. The first-order valence-corrected chi connectivity index (χ1v) is 7.52. The third-order valence-electron chi connectivity index (χ3n) is 3.56. The Morgan fingerprint density at radius 3 is 2.86 bits per heavy atom. The van der Waals surface area contributed by atoms with E-state index in [0.717, 1.165) is 23.4 Å². The van der Waals surface area contributed by atoms with Gasteiger partial charge < -0.3 is 14.8 Å². The van der Waals surface area contributed by atoms with Gasteiger partial charge in [0.15, 0.2) is 5.76 Å². The Hall–Kier alpha value is -2.14. The minimum absolute atomic E-state index is 0.00575. The molecular weight excluding hydrogens is 280 g/mol. The van der Waals surface area contributed by atoms with Crippen molar-refractivity contribution < 1.29 is 14.3 Å². The highest BCUT2D eigenvalue weighted by Crippen LogP contribution is 2.15. The van der Waals surface area contributed by atoms with Crippen LogP contribution < -0.4 is 5.32 Å². The Morgan fingerprint density at radius 2 is 2.27 bits per heavy atom. The molecule has 1 atom stereocenters. The van der Waals surface area contributed by atoms with E-state index < -0.39 is 0 Å². The number of nitrogens with one attached hydrogen (secondary N) is 1. The summed E-state index contributed by atoms with van der Waals surface area (Å²) in [6.07, 6.45) is 3.10. The van der Waals surface area contributed by atoms with E-state index in [0.29, 0.717) is 18.7 Å². The highest BCUT2D eigenvalue weighted by Gasteiger charge is 2.17. The molecule has 2 N–H and O–H groups in total. The molecular formula is C17H22N2O3. The van der Waals surface area contributed by atoms with E-state index in [4.69, 9.17) is 4.42 Å². The van der Waals surface area contributed by atoms with Gasteiger partial charge in [0.2, 0.25) is 0 Å². The zero-order valence-electron chi connectivity index (χ0n) is 13.0. The van der Waals surface area contributed by atoms with Gasteiger partial charge in [0.25, 0.3) is 5.91 Å². The van der Waals surface area contributed by atoms with E-state index >= 15 is 0 Å². The van der Waals surface area contributed by atoms with Gasteiger partial charge >= 0.3 is 0 Å². The number of hydrogen-bond acceptors (Lipinski definition) is 4. The number of aliphatic hydroxyl groups is 1. The summed E-state index contributed by atoms with van der Waals surface area (Å²) in [5, 5.41) is 12.3. The maximum atomic E-state index is 12.2. The molecule has 0 aliphatic heterocycles. The van der Waals surface area contributed by atoms with Crippen LogP contribution in [0.1, 0.15) is 34.5 Å². The van der Waals surface area contributed by atoms with Crippen LogP contribution in [0.3, 0.4) is 0 Å². The number of carbonyl (C=O) groups is 1. The van der Waals surface area contributed by atoms with Crippen LogP contribution in [0.5, 0.6) is 0 Å². The predicted molar refractivity (Wildman–Crippen MR) is 83.7 cm³/mol. The molecule has 0 aliphatic carbocycles. The lowest BCUT2D eigenvalue weighted by atomic mass is 10.0. The summed E-state index contributed by atoms with van der Waals surface area (Å²) in [7, 11) is 0. The Labute approximate surface area is 130 Å². The Morgan fingerprint density at radius 1 is 1.45 bits per heavy atom. The Kier molecular flexibility index (Phi) is 5.72. The summed E-state index contributed by atoms with van der Waals surface area (Å²) >= 11 is 0. The number of rotatable bonds is 7. The van der Waals surface area contributed by atoms with Gasteiger partial charge in [-0.05, 0) is 31.5 Å². The summed E-state index contributed by atoms with van der Waals surface area (Å²) in [5.41, 5.74) is 1.73. The van der Waals surface area contributed by atoms with Crippen LogP contribution in [-0.4, -0.2) is 29.1 Å². The predicted octanol–water partition coefficient (Wildman–Crippen LogP) is 2.13. The van der Waals surface area contributed by atoms with E-state index in [1.165, 1.54) is 0 Å². The molecule has 2 aromatic heterocycles. The van der Waals surface area contributed by atoms with Crippen LogP contribution in [0.4, 0.5) is 0 Å². The molecule has 5 nitrogen and oxygen atoms in total. The van der Waals surface area contributed by atoms with Crippen molar-refractivity contribution in [2.75, 3.05) is 13.2 Å². The molecule has 1 amide bonds. The number of aryl methyl sites for hydroxylation is 2. The van der Waals surface area contributed by atoms with Gasteiger partial charge in [-0.25, -0.2) is 0 Å². The smallest absolute Gasteiger partial charge is 0.287 e. The maximum absolute atomic E-state index is 12.2. The fourth-order valence-electron chi connectivity index (χ4n) is 2.28. The van der Waals surface area contributed by atoms with E-state index in [2.05, 4.69) is 10.3 Å². The van der Waals surface area contributed by atoms with Crippen LogP contribution in [0, 0.1) is 12.8 Å². The highest BCUT2D eigenvalue weighted by molar-refractivity contribution is 5.92. The number of amides is 1. The van der Waals surface area contributed by atoms with Gasteiger partial charge in [-0.2, -0.15) is 0 Å². The zero-order chi connectivity index (χ0) is 15.9. The van der Waals surface area contributed by atoms with Crippen molar-refractivity contribution in [1.82, 2.24) is 10.3 Å². The molecule has 0 saturated heterocycles. The molecule has 22 heavy (non-hydrogen) atoms. The van der Waals surface area contributed by atoms with Crippen LogP contribution in [0.15, 0.2) is 34.9 Å². The van der Waals surface area contributed by atoms with Gasteiger partial charge in [0.1, 0.15) is 5.76 Å². The van der Waals surface area contributed by atoms with Crippen LogP contribution in [0.2, 0.25) is 0 Å². The van der Waals surface area contributed by atoms with E-state index in [1.54, 1.807) is 6.20 Å². The summed E-state index contributed by atoms with van der Waals surface area (Å²) in [6.45, 7) is 4.21. The van der Waals surface area contributed by atoms with E-state index in [-0.39, 0.29) is 18.4 Å². The second-order valence-electron chi connectivity index (χ2n) is 5.36. The maximum Gasteiger partial charge on any atom is 0.287 e. The standard InChI is InChI=1S/C17H22N2O3/c1-3-15-8-12(2)16(22-15)17(21)19-10-13(11-20)9-14-6-4-5-7-18-14/h4-8,13,20H,3,9-11H2,1-2H3,(H,19,21). The number of nitrogens with zero attached hydrogens (tertiary/aromatic N) is 1. The van der Waals surface area contributed by atoms with Gasteiger partial charge in [0, 0.05) is 42.9 Å². The average Bonchev–Trinajstić information content (AvgIpc) is 2.93. The van der Waals surface area contributed by atoms with Crippen LogP contribution >= 0.6 is 0 Å². The molecule has 0 aromatic carbocycles. The van der Waals surface area contributed by atoms with Crippen molar-refractivity contribution in [1.29, 1.82) is 0 Å². The normalized spacial score (nSPS) is 12.1.